The van der Waals surface area contributed by atoms with Crippen LogP contribution in [0.2, 0.25) is 0 Å². The van der Waals surface area contributed by atoms with Gasteiger partial charge in [-0.2, -0.15) is 0 Å². The molecule has 0 spiro atoms. The third-order valence-electron chi connectivity index (χ3n) is 2.90. The molecule has 2 heterocycles. The number of thiophene rings is 1. The van der Waals surface area contributed by atoms with Gasteiger partial charge < -0.3 is 5.73 Å². The van der Waals surface area contributed by atoms with E-state index in [-0.39, 0.29) is 0 Å². The largest absolute Gasteiger partial charge is 0.330 e. The average molecular weight is 210 g/mol. The van der Waals surface area contributed by atoms with Gasteiger partial charge >= 0.3 is 0 Å². The van der Waals surface area contributed by atoms with Gasteiger partial charge in [0.15, 0.2) is 0 Å². The highest BCUT2D eigenvalue weighted by molar-refractivity contribution is 7.09. The van der Waals surface area contributed by atoms with Crippen molar-refractivity contribution in [3.8, 4) is 0 Å². The van der Waals surface area contributed by atoms with Gasteiger partial charge in [-0.05, 0) is 43.3 Å². The van der Waals surface area contributed by atoms with Gasteiger partial charge in [-0.1, -0.05) is 6.07 Å². The minimum Gasteiger partial charge on any atom is -0.330 e. The molecule has 0 aromatic carbocycles. The predicted octanol–water partition coefficient (Wildman–Crippen LogP) is 1.92. The first-order valence-electron chi connectivity index (χ1n) is 5.33. The molecule has 1 aliphatic rings. The summed E-state index contributed by atoms with van der Waals surface area (Å²) in [4.78, 5) is 4.01. The van der Waals surface area contributed by atoms with E-state index in [0.29, 0.717) is 0 Å². The Morgan fingerprint density at radius 1 is 1.57 bits per heavy atom. The topological polar surface area (TPSA) is 29.3 Å². The third kappa shape index (κ3) is 2.56. The first-order chi connectivity index (χ1) is 6.88. The van der Waals surface area contributed by atoms with Crippen LogP contribution in [0.5, 0.6) is 0 Å². The van der Waals surface area contributed by atoms with Crippen LogP contribution in [0.15, 0.2) is 17.5 Å². The van der Waals surface area contributed by atoms with Crippen LogP contribution >= 0.6 is 11.3 Å². The zero-order valence-electron chi connectivity index (χ0n) is 8.48. The number of nitrogens with two attached hydrogens (primary N) is 1. The fraction of sp³-hybridized carbons (Fsp3) is 0.636. The average Bonchev–Trinajstić information content (AvgIpc) is 2.71. The molecule has 1 aromatic heterocycles. The second-order valence-electron chi connectivity index (χ2n) is 4.06. The molecule has 0 bridgehead atoms. The summed E-state index contributed by atoms with van der Waals surface area (Å²) < 4.78 is 0. The van der Waals surface area contributed by atoms with Gasteiger partial charge in [-0.25, -0.2) is 0 Å². The predicted molar refractivity (Wildman–Crippen MR) is 61.4 cm³/mol. The van der Waals surface area contributed by atoms with Crippen molar-refractivity contribution >= 4 is 11.3 Å². The zero-order valence-corrected chi connectivity index (χ0v) is 9.30. The highest BCUT2D eigenvalue weighted by Gasteiger charge is 2.18. The number of hydrogen-bond donors (Lipinski definition) is 1. The smallest absolute Gasteiger partial charge is 0.0328 e. The number of hydrogen-bond acceptors (Lipinski definition) is 3. The molecule has 0 amide bonds. The molecule has 2 nitrogen and oxygen atoms in total. The number of likely N-dealkylation sites (tertiary alicyclic amines) is 1. The minimum atomic E-state index is 0.726. The maximum atomic E-state index is 5.71. The lowest BCUT2D eigenvalue weighted by atomic mass is 9.98. The van der Waals surface area contributed by atoms with E-state index in [0.717, 1.165) is 19.0 Å². The Balaban J connectivity index is 1.86. The number of rotatable bonds is 3. The summed E-state index contributed by atoms with van der Waals surface area (Å²) in [7, 11) is 0. The van der Waals surface area contributed by atoms with Crippen molar-refractivity contribution in [1.82, 2.24) is 4.90 Å². The lowest BCUT2D eigenvalue weighted by Gasteiger charge is -2.31. The maximum absolute atomic E-state index is 5.71. The van der Waals surface area contributed by atoms with Crippen LogP contribution in [0, 0.1) is 5.92 Å². The molecule has 1 saturated heterocycles. The summed E-state index contributed by atoms with van der Waals surface area (Å²) in [5, 5.41) is 2.15. The van der Waals surface area contributed by atoms with Crippen LogP contribution in [0.4, 0.5) is 0 Å². The van der Waals surface area contributed by atoms with Gasteiger partial charge in [0.1, 0.15) is 0 Å². The van der Waals surface area contributed by atoms with Crippen molar-refractivity contribution in [2.75, 3.05) is 19.6 Å². The molecule has 3 heteroatoms. The van der Waals surface area contributed by atoms with Gasteiger partial charge in [0, 0.05) is 18.0 Å². The highest BCUT2D eigenvalue weighted by Crippen LogP contribution is 2.19. The highest BCUT2D eigenvalue weighted by atomic mass is 32.1. The van der Waals surface area contributed by atoms with Crippen molar-refractivity contribution in [2.24, 2.45) is 11.7 Å². The Hall–Kier alpha value is -0.380. The van der Waals surface area contributed by atoms with E-state index in [1.165, 1.54) is 30.8 Å². The second-order valence-corrected chi connectivity index (χ2v) is 5.09. The fourth-order valence-corrected chi connectivity index (χ4v) is 2.86. The number of piperidine rings is 1. The molecule has 0 aliphatic carbocycles. The molecule has 2 N–H and O–H groups in total. The maximum Gasteiger partial charge on any atom is 0.0328 e. The normalized spacial score (nSPS) is 23.9. The SMILES string of the molecule is NC[C@@H]1CCCN(Cc2cccs2)C1. The molecule has 0 saturated carbocycles. The van der Waals surface area contributed by atoms with Crippen LogP contribution in [0.25, 0.3) is 0 Å². The van der Waals surface area contributed by atoms with Crippen LogP contribution in [0.1, 0.15) is 17.7 Å². The van der Waals surface area contributed by atoms with Crippen molar-refractivity contribution in [2.45, 2.75) is 19.4 Å². The van der Waals surface area contributed by atoms with Crippen molar-refractivity contribution in [3.63, 3.8) is 0 Å². The van der Waals surface area contributed by atoms with E-state index >= 15 is 0 Å². The molecule has 0 unspecified atom stereocenters. The third-order valence-corrected chi connectivity index (χ3v) is 3.76. The van der Waals surface area contributed by atoms with Gasteiger partial charge in [-0.15, -0.1) is 11.3 Å². The summed E-state index contributed by atoms with van der Waals surface area (Å²) in [5.41, 5.74) is 5.71. The Kier molecular flexibility index (Phi) is 3.56. The second kappa shape index (κ2) is 4.91. The van der Waals surface area contributed by atoms with Crippen LogP contribution in [-0.2, 0) is 6.54 Å². The molecule has 1 aliphatic heterocycles. The number of nitrogens with zero attached hydrogens (tertiary/aromatic N) is 1. The summed E-state index contributed by atoms with van der Waals surface area (Å²) in [6.45, 7) is 4.40. The first-order valence-corrected chi connectivity index (χ1v) is 6.21. The monoisotopic (exact) mass is 210 g/mol. The first kappa shape index (κ1) is 10.1. The molecule has 1 fully saturated rings. The molecule has 2 rings (SSSR count). The van der Waals surface area contributed by atoms with Gasteiger partial charge in [-0.3, -0.25) is 4.90 Å². The van der Waals surface area contributed by atoms with Crippen molar-refractivity contribution in [3.05, 3.63) is 22.4 Å². The standard InChI is InChI=1S/C11H18N2S/c12-7-10-3-1-5-13(8-10)9-11-4-2-6-14-11/h2,4,6,10H,1,3,5,7-9,12H2/t10-/m0/s1. The Labute approximate surface area is 89.7 Å². The Morgan fingerprint density at radius 3 is 3.21 bits per heavy atom. The van der Waals surface area contributed by atoms with Gasteiger partial charge in [0.25, 0.3) is 0 Å². The molecule has 0 radical (unpaired) electrons. The van der Waals surface area contributed by atoms with E-state index in [9.17, 15) is 0 Å². The molecule has 78 valence electrons. The molecular formula is C11H18N2S. The van der Waals surface area contributed by atoms with E-state index in [1.807, 2.05) is 11.3 Å². The Morgan fingerprint density at radius 2 is 2.50 bits per heavy atom. The fourth-order valence-electron chi connectivity index (χ4n) is 2.11. The van der Waals surface area contributed by atoms with Gasteiger partial charge in [0.2, 0.25) is 0 Å². The van der Waals surface area contributed by atoms with Crippen LogP contribution in [0.3, 0.4) is 0 Å². The van der Waals surface area contributed by atoms with E-state index in [2.05, 4.69) is 22.4 Å². The minimum absolute atomic E-state index is 0.726. The molecular weight excluding hydrogens is 192 g/mol. The summed E-state index contributed by atoms with van der Waals surface area (Å²) in [6.07, 6.45) is 2.63. The van der Waals surface area contributed by atoms with Crippen LogP contribution in [-0.4, -0.2) is 24.5 Å². The summed E-state index contributed by atoms with van der Waals surface area (Å²) in [5.74, 6) is 0.726. The van der Waals surface area contributed by atoms with Crippen LogP contribution < -0.4 is 5.73 Å². The lowest BCUT2D eigenvalue weighted by Crippen LogP contribution is -2.37. The Bertz CT molecular complexity index is 258. The molecule has 1 atom stereocenters. The summed E-state index contributed by atoms with van der Waals surface area (Å²) >= 11 is 1.85. The molecule has 14 heavy (non-hydrogen) atoms. The zero-order chi connectivity index (χ0) is 9.80. The summed E-state index contributed by atoms with van der Waals surface area (Å²) in [6, 6.07) is 4.35. The lowest BCUT2D eigenvalue weighted by molar-refractivity contribution is 0.172. The van der Waals surface area contributed by atoms with E-state index < -0.39 is 0 Å². The van der Waals surface area contributed by atoms with E-state index in [4.69, 9.17) is 5.73 Å². The van der Waals surface area contributed by atoms with Crippen molar-refractivity contribution in [1.29, 1.82) is 0 Å². The quantitative estimate of drug-likeness (QED) is 0.826. The van der Waals surface area contributed by atoms with Gasteiger partial charge in [0.05, 0.1) is 0 Å². The molecule has 1 aromatic rings. The van der Waals surface area contributed by atoms with Crippen molar-refractivity contribution < 1.29 is 0 Å². The van der Waals surface area contributed by atoms with E-state index in [1.54, 1.807) is 0 Å².